The monoisotopic (exact) mass is 384 g/mol. The summed E-state index contributed by atoms with van der Waals surface area (Å²) in [6.07, 6.45) is 5.54. The Kier molecular flexibility index (Phi) is 6.88. The zero-order valence-corrected chi connectivity index (χ0v) is 16.1. The summed E-state index contributed by atoms with van der Waals surface area (Å²) in [4.78, 5) is 24.5. The second-order valence-corrected chi connectivity index (χ2v) is 7.50. The van der Waals surface area contributed by atoms with E-state index in [0.717, 1.165) is 36.8 Å². The third-order valence-corrected chi connectivity index (χ3v) is 5.28. The van der Waals surface area contributed by atoms with E-state index in [9.17, 15) is 9.59 Å². The van der Waals surface area contributed by atoms with Gasteiger partial charge in [-0.1, -0.05) is 55.1 Å². The van der Waals surface area contributed by atoms with E-state index in [1.54, 1.807) is 24.3 Å². The molecule has 0 aromatic heterocycles. The molecule has 0 aliphatic heterocycles. The molecule has 0 radical (unpaired) electrons. The van der Waals surface area contributed by atoms with Crippen molar-refractivity contribution in [3.05, 3.63) is 70.2 Å². The van der Waals surface area contributed by atoms with Crippen LogP contribution >= 0.6 is 11.6 Å². The predicted octanol–water partition coefficient (Wildman–Crippen LogP) is 4.47. The fraction of sp³-hybridized carbons (Fsp3) is 0.364. The van der Waals surface area contributed by atoms with Gasteiger partial charge in [0.05, 0.1) is 0 Å². The fourth-order valence-corrected chi connectivity index (χ4v) is 3.48. The number of benzene rings is 2. The summed E-state index contributed by atoms with van der Waals surface area (Å²) in [6, 6.07) is 14.7. The second kappa shape index (κ2) is 9.56. The standard InChI is InChI=1S/C22H25ClN2O2/c23-20-12-8-17(9-13-20)15-25-22(27)19-10-6-16(7-11-19)14-24-21(26)18-4-2-1-3-5-18/h6-13,18H,1-5,14-15H2,(H,24,26)(H,25,27). The number of amides is 2. The van der Waals surface area contributed by atoms with E-state index < -0.39 is 0 Å². The molecule has 27 heavy (non-hydrogen) atoms. The van der Waals surface area contributed by atoms with E-state index >= 15 is 0 Å². The quantitative estimate of drug-likeness (QED) is 0.772. The largest absolute Gasteiger partial charge is 0.352 e. The predicted molar refractivity (Wildman–Crippen MR) is 107 cm³/mol. The van der Waals surface area contributed by atoms with Crippen LogP contribution in [-0.2, 0) is 17.9 Å². The van der Waals surface area contributed by atoms with Gasteiger partial charge in [-0.15, -0.1) is 0 Å². The van der Waals surface area contributed by atoms with Gasteiger partial charge in [0, 0.05) is 29.6 Å². The molecule has 0 unspecified atom stereocenters. The average Bonchev–Trinajstić information content (AvgIpc) is 2.72. The summed E-state index contributed by atoms with van der Waals surface area (Å²) in [5.41, 5.74) is 2.59. The minimum atomic E-state index is -0.122. The van der Waals surface area contributed by atoms with E-state index in [1.807, 2.05) is 24.3 Å². The molecule has 0 atom stereocenters. The maximum Gasteiger partial charge on any atom is 0.251 e. The molecule has 1 saturated carbocycles. The molecule has 142 valence electrons. The molecule has 1 aliphatic carbocycles. The van der Waals surface area contributed by atoms with Crippen molar-refractivity contribution < 1.29 is 9.59 Å². The van der Waals surface area contributed by atoms with Crippen LogP contribution in [0.4, 0.5) is 0 Å². The lowest BCUT2D eigenvalue weighted by atomic mass is 9.88. The van der Waals surface area contributed by atoms with Gasteiger partial charge in [0.25, 0.3) is 5.91 Å². The van der Waals surface area contributed by atoms with Crippen molar-refractivity contribution in [3.63, 3.8) is 0 Å². The molecule has 4 nitrogen and oxygen atoms in total. The first-order chi connectivity index (χ1) is 13.1. The van der Waals surface area contributed by atoms with Gasteiger partial charge in [-0.05, 0) is 48.2 Å². The Bertz CT molecular complexity index is 766. The normalized spacial score (nSPS) is 14.6. The summed E-state index contributed by atoms with van der Waals surface area (Å²) in [5, 5.41) is 6.59. The first-order valence-electron chi connectivity index (χ1n) is 9.51. The van der Waals surface area contributed by atoms with Crippen molar-refractivity contribution in [2.45, 2.75) is 45.2 Å². The maximum atomic E-state index is 12.3. The highest BCUT2D eigenvalue weighted by Crippen LogP contribution is 2.23. The summed E-state index contributed by atoms with van der Waals surface area (Å²) in [6.45, 7) is 0.956. The van der Waals surface area contributed by atoms with Crippen LogP contribution < -0.4 is 10.6 Å². The number of hydrogen-bond acceptors (Lipinski definition) is 2. The van der Waals surface area contributed by atoms with Crippen LogP contribution in [0.25, 0.3) is 0 Å². The molecular weight excluding hydrogens is 360 g/mol. The van der Waals surface area contributed by atoms with Gasteiger partial charge in [-0.3, -0.25) is 9.59 Å². The molecule has 0 heterocycles. The van der Waals surface area contributed by atoms with Crippen LogP contribution in [0.5, 0.6) is 0 Å². The summed E-state index contributed by atoms with van der Waals surface area (Å²) in [5.74, 6) is 0.193. The molecule has 1 fully saturated rings. The van der Waals surface area contributed by atoms with Crippen LogP contribution in [0.1, 0.15) is 53.6 Å². The van der Waals surface area contributed by atoms with Gasteiger partial charge in [0.2, 0.25) is 5.91 Å². The van der Waals surface area contributed by atoms with Crippen molar-refractivity contribution in [3.8, 4) is 0 Å². The van der Waals surface area contributed by atoms with Crippen molar-refractivity contribution in [2.24, 2.45) is 5.92 Å². The molecule has 2 aromatic rings. The number of hydrogen-bond donors (Lipinski definition) is 2. The smallest absolute Gasteiger partial charge is 0.251 e. The molecule has 2 amide bonds. The molecule has 5 heteroatoms. The van der Waals surface area contributed by atoms with E-state index in [1.165, 1.54) is 6.42 Å². The van der Waals surface area contributed by atoms with Crippen molar-refractivity contribution in [1.29, 1.82) is 0 Å². The molecule has 0 spiro atoms. The molecule has 2 N–H and O–H groups in total. The van der Waals surface area contributed by atoms with Crippen LogP contribution in [0.15, 0.2) is 48.5 Å². The van der Waals surface area contributed by atoms with Gasteiger partial charge in [0.1, 0.15) is 0 Å². The number of halogens is 1. The van der Waals surface area contributed by atoms with Crippen LogP contribution in [0.2, 0.25) is 5.02 Å². The SMILES string of the molecule is O=C(NCc1ccc(Cl)cc1)c1ccc(CNC(=O)C2CCCCC2)cc1. The van der Waals surface area contributed by atoms with Crippen LogP contribution in [0.3, 0.4) is 0 Å². The number of carbonyl (C=O) groups excluding carboxylic acids is 2. The van der Waals surface area contributed by atoms with E-state index in [2.05, 4.69) is 10.6 Å². The molecule has 0 saturated heterocycles. The minimum absolute atomic E-state index is 0.122. The summed E-state index contributed by atoms with van der Waals surface area (Å²) < 4.78 is 0. The Labute approximate surface area is 165 Å². The van der Waals surface area contributed by atoms with Crippen LogP contribution in [-0.4, -0.2) is 11.8 Å². The Hall–Kier alpha value is -2.33. The van der Waals surface area contributed by atoms with E-state index in [4.69, 9.17) is 11.6 Å². The van der Waals surface area contributed by atoms with Gasteiger partial charge >= 0.3 is 0 Å². The second-order valence-electron chi connectivity index (χ2n) is 7.06. The van der Waals surface area contributed by atoms with Gasteiger partial charge < -0.3 is 10.6 Å². The zero-order valence-electron chi connectivity index (χ0n) is 15.3. The van der Waals surface area contributed by atoms with Gasteiger partial charge in [-0.25, -0.2) is 0 Å². The first-order valence-corrected chi connectivity index (χ1v) is 9.89. The first kappa shape index (κ1) is 19.4. The molecule has 2 aromatic carbocycles. The molecule has 1 aliphatic rings. The topological polar surface area (TPSA) is 58.2 Å². The number of rotatable bonds is 6. The van der Waals surface area contributed by atoms with Crippen LogP contribution in [0, 0.1) is 5.92 Å². The Morgan fingerprint density at radius 3 is 2.00 bits per heavy atom. The summed E-state index contributed by atoms with van der Waals surface area (Å²) in [7, 11) is 0. The molecule has 3 rings (SSSR count). The lowest BCUT2D eigenvalue weighted by Crippen LogP contribution is -2.31. The highest BCUT2D eigenvalue weighted by molar-refractivity contribution is 6.30. The lowest BCUT2D eigenvalue weighted by molar-refractivity contribution is -0.126. The molecular formula is C22H25ClN2O2. The van der Waals surface area contributed by atoms with E-state index in [-0.39, 0.29) is 17.7 Å². The molecule has 0 bridgehead atoms. The van der Waals surface area contributed by atoms with Crippen molar-refractivity contribution in [2.75, 3.05) is 0 Å². The number of nitrogens with one attached hydrogen (secondary N) is 2. The zero-order chi connectivity index (χ0) is 19.1. The third kappa shape index (κ3) is 5.83. The number of carbonyl (C=O) groups is 2. The van der Waals surface area contributed by atoms with Crippen molar-refractivity contribution >= 4 is 23.4 Å². The van der Waals surface area contributed by atoms with Gasteiger partial charge in [0.15, 0.2) is 0 Å². The highest BCUT2D eigenvalue weighted by atomic mass is 35.5. The third-order valence-electron chi connectivity index (χ3n) is 5.03. The van der Waals surface area contributed by atoms with Gasteiger partial charge in [-0.2, -0.15) is 0 Å². The minimum Gasteiger partial charge on any atom is -0.352 e. The van der Waals surface area contributed by atoms with E-state index in [0.29, 0.717) is 23.7 Å². The Morgan fingerprint density at radius 2 is 1.37 bits per heavy atom. The Morgan fingerprint density at radius 1 is 0.815 bits per heavy atom. The Balaban J connectivity index is 1.46. The maximum absolute atomic E-state index is 12.3. The van der Waals surface area contributed by atoms with Crippen molar-refractivity contribution in [1.82, 2.24) is 10.6 Å². The lowest BCUT2D eigenvalue weighted by Gasteiger charge is -2.20. The summed E-state index contributed by atoms with van der Waals surface area (Å²) >= 11 is 5.86. The fourth-order valence-electron chi connectivity index (χ4n) is 3.36. The highest BCUT2D eigenvalue weighted by Gasteiger charge is 2.20. The average molecular weight is 385 g/mol.